The van der Waals surface area contributed by atoms with Crippen LogP contribution in [0.15, 0.2) is 18.3 Å². The summed E-state index contributed by atoms with van der Waals surface area (Å²) in [4.78, 5) is 4.49. The number of pyridine rings is 1. The Morgan fingerprint density at radius 2 is 2.06 bits per heavy atom. The van der Waals surface area contributed by atoms with Crippen LogP contribution in [0.1, 0.15) is 44.9 Å². The maximum atomic E-state index is 4.49. The fourth-order valence-corrected chi connectivity index (χ4v) is 2.06. The minimum absolute atomic E-state index is 0.566. The fraction of sp³-hybridized carbons (Fsp3) is 0.667. The summed E-state index contributed by atoms with van der Waals surface area (Å²) in [5.74, 6) is 0.779. The van der Waals surface area contributed by atoms with Gasteiger partial charge in [0.1, 0.15) is 0 Å². The van der Waals surface area contributed by atoms with Gasteiger partial charge < -0.3 is 5.32 Å². The molecule has 0 amide bonds. The van der Waals surface area contributed by atoms with Crippen molar-refractivity contribution in [1.82, 2.24) is 10.3 Å². The summed E-state index contributed by atoms with van der Waals surface area (Å²) in [6, 6.07) is 4.72. The van der Waals surface area contributed by atoms with Crippen molar-refractivity contribution in [2.45, 2.75) is 53.0 Å². The minimum atomic E-state index is 0.566. The van der Waals surface area contributed by atoms with Crippen LogP contribution < -0.4 is 5.32 Å². The van der Waals surface area contributed by atoms with E-state index in [-0.39, 0.29) is 0 Å². The molecule has 1 heterocycles. The van der Waals surface area contributed by atoms with E-state index in [1.165, 1.54) is 24.1 Å². The van der Waals surface area contributed by atoms with Gasteiger partial charge in [0.2, 0.25) is 0 Å². The Hall–Kier alpha value is -0.890. The molecule has 2 nitrogen and oxygen atoms in total. The Balaban J connectivity index is 2.56. The molecule has 1 aromatic rings. The lowest BCUT2D eigenvalue weighted by atomic mass is 9.98. The molecule has 0 radical (unpaired) electrons. The van der Waals surface area contributed by atoms with E-state index in [1.54, 1.807) is 0 Å². The van der Waals surface area contributed by atoms with Crippen LogP contribution in [-0.4, -0.2) is 17.6 Å². The molecule has 1 unspecified atom stereocenters. The lowest BCUT2D eigenvalue weighted by molar-refractivity contribution is 0.431. The van der Waals surface area contributed by atoms with Crippen LogP contribution in [0.25, 0.3) is 0 Å². The van der Waals surface area contributed by atoms with Gasteiger partial charge in [-0.1, -0.05) is 26.8 Å². The predicted octanol–water partition coefficient (Wildman–Crippen LogP) is 3.35. The molecule has 0 spiro atoms. The van der Waals surface area contributed by atoms with Crippen LogP contribution >= 0.6 is 0 Å². The first-order valence-electron chi connectivity index (χ1n) is 6.77. The molecule has 0 aliphatic rings. The Morgan fingerprint density at radius 1 is 1.29 bits per heavy atom. The van der Waals surface area contributed by atoms with Crippen LogP contribution in [0.4, 0.5) is 0 Å². The molecule has 0 bridgehead atoms. The predicted molar refractivity (Wildman–Crippen MR) is 74.2 cm³/mol. The van der Waals surface area contributed by atoms with Crippen LogP contribution in [0, 0.1) is 12.8 Å². The van der Waals surface area contributed by atoms with Gasteiger partial charge in [0.25, 0.3) is 0 Å². The van der Waals surface area contributed by atoms with Crippen molar-refractivity contribution in [3.63, 3.8) is 0 Å². The van der Waals surface area contributed by atoms with Crippen LogP contribution in [0.2, 0.25) is 0 Å². The summed E-state index contributed by atoms with van der Waals surface area (Å²) in [6.07, 6.45) is 5.46. The van der Waals surface area contributed by atoms with Crippen LogP contribution in [-0.2, 0) is 6.42 Å². The smallest absolute Gasteiger partial charge is 0.0448 e. The van der Waals surface area contributed by atoms with Crippen molar-refractivity contribution >= 4 is 0 Å². The maximum absolute atomic E-state index is 4.49. The molecule has 0 saturated heterocycles. The van der Waals surface area contributed by atoms with Gasteiger partial charge in [-0.05, 0) is 43.9 Å². The van der Waals surface area contributed by atoms with E-state index >= 15 is 0 Å². The monoisotopic (exact) mass is 234 g/mol. The average molecular weight is 234 g/mol. The molecular weight excluding hydrogens is 208 g/mol. The van der Waals surface area contributed by atoms with E-state index in [2.05, 4.69) is 44.1 Å². The summed E-state index contributed by atoms with van der Waals surface area (Å²) in [7, 11) is 0. The van der Waals surface area contributed by atoms with E-state index in [4.69, 9.17) is 0 Å². The molecular formula is C15H26N2. The van der Waals surface area contributed by atoms with Crippen molar-refractivity contribution < 1.29 is 0 Å². The summed E-state index contributed by atoms with van der Waals surface area (Å²) < 4.78 is 0. The molecule has 0 saturated carbocycles. The third-order valence-corrected chi connectivity index (χ3v) is 3.14. The summed E-state index contributed by atoms with van der Waals surface area (Å²) in [5, 5.41) is 3.57. The largest absolute Gasteiger partial charge is 0.314 e. The standard InChI is InChI=1S/C15H26N2/c1-5-16-14(9-8-12(2)3)11-15-13(4)7-6-10-17-15/h6-7,10,12,14,16H,5,8-9,11H2,1-4H3. The number of nitrogens with zero attached hydrogens (tertiary/aromatic N) is 1. The zero-order valence-electron chi connectivity index (χ0n) is 11.7. The molecule has 0 aliphatic heterocycles. The van der Waals surface area contributed by atoms with E-state index in [9.17, 15) is 0 Å². The number of rotatable bonds is 7. The van der Waals surface area contributed by atoms with Crippen LogP contribution in [0.5, 0.6) is 0 Å². The van der Waals surface area contributed by atoms with Gasteiger partial charge in [-0.2, -0.15) is 0 Å². The number of aryl methyl sites for hydroxylation is 1. The van der Waals surface area contributed by atoms with Gasteiger partial charge >= 0.3 is 0 Å². The molecule has 1 rings (SSSR count). The highest BCUT2D eigenvalue weighted by atomic mass is 14.9. The van der Waals surface area contributed by atoms with E-state index in [0.29, 0.717) is 6.04 Å². The number of hydrogen-bond donors (Lipinski definition) is 1. The lowest BCUT2D eigenvalue weighted by Gasteiger charge is -2.19. The Bertz CT molecular complexity index is 320. The zero-order chi connectivity index (χ0) is 12.7. The molecule has 0 aromatic carbocycles. The normalized spacial score (nSPS) is 13.0. The van der Waals surface area contributed by atoms with Gasteiger partial charge in [0, 0.05) is 24.4 Å². The summed E-state index contributed by atoms with van der Waals surface area (Å²) in [5.41, 5.74) is 2.54. The van der Waals surface area contributed by atoms with Crippen molar-refractivity contribution in [3.05, 3.63) is 29.6 Å². The highest BCUT2D eigenvalue weighted by Crippen LogP contribution is 2.12. The Labute approximate surface area is 106 Å². The van der Waals surface area contributed by atoms with Gasteiger partial charge in [-0.3, -0.25) is 4.98 Å². The molecule has 0 fully saturated rings. The first kappa shape index (κ1) is 14.2. The number of likely N-dealkylation sites (N-methyl/N-ethyl adjacent to an activating group) is 1. The van der Waals surface area contributed by atoms with E-state index in [1.807, 2.05) is 12.3 Å². The lowest BCUT2D eigenvalue weighted by Crippen LogP contribution is -2.31. The summed E-state index contributed by atoms with van der Waals surface area (Å²) >= 11 is 0. The minimum Gasteiger partial charge on any atom is -0.314 e. The molecule has 0 aliphatic carbocycles. The molecule has 1 N–H and O–H groups in total. The SMILES string of the molecule is CCNC(CCC(C)C)Cc1ncccc1C. The second kappa shape index (κ2) is 7.44. The van der Waals surface area contributed by atoms with Crippen molar-refractivity contribution in [2.75, 3.05) is 6.54 Å². The van der Waals surface area contributed by atoms with Gasteiger partial charge in [-0.15, -0.1) is 0 Å². The number of hydrogen-bond acceptors (Lipinski definition) is 2. The topological polar surface area (TPSA) is 24.9 Å². The van der Waals surface area contributed by atoms with Crippen LogP contribution in [0.3, 0.4) is 0 Å². The zero-order valence-corrected chi connectivity index (χ0v) is 11.7. The van der Waals surface area contributed by atoms with Crippen molar-refractivity contribution in [2.24, 2.45) is 5.92 Å². The molecule has 2 heteroatoms. The van der Waals surface area contributed by atoms with Gasteiger partial charge in [-0.25, -0.2) is 0 Å². The molecule has 1 atom stereocenters. The maximum Gasteiger partial charge on any atom is 0.0448 e. The average Bonchev–Trinajstić information content (AvgIpc) is 2.29. The van der Waals surface area contributed by atoms with Crippen molar-refractivity contribution in [3.8, 4) is 0 Å². The molecule has 1 aromatic heterocycles. The van der Waals surface area contributed by atoms with Crippen molar-refractivity contribution in [1.29, 1.82) is 0 Å². The van der Waals surface area contributed by atoms with E-state index in [0.717, 1.165) is 18.9 Å². The van der Waals surface area contributed by atoms with Gasteiger partial charge in [0.05, 0.1) is 0 Å². The highest BCUT2D eigenvalue weighted by Gasteiger charge is 2.11. The third kappa shape index (κ3) is 5.31. The molecule has 96 valence electrons. The first-order valence-corrected chi connectivity index (χ1v) is 6.77. The fourth-order valence-electron chi connectivity index (χ4n) is 2.06. The third-order valence-electron chi connectivity index (χ3n) is 3.14. The Morgan fingerprint density at radius 3 is 2.65 bits per heavy atom. The highest BCUT2D eigenvalue weighted by molar-refractivity contribution is 5.18. The molecule has 17 heavy (non-hydrogen) atoms. The quantitative estimate of drug-likeness (QED) is 0.782. The number of aromatic nitrogens is 1. The first-order chi connectivity index (χ1) is 8.13. The second-order valence-electron chi connectivity index (χ2n) is 5.20. The second-order valence-corrected chi connectivity index (χ2v) is 5.20. The number of nitrogens with one attached hydrogen (secondary N) is 1. The van der Waals surface area contributed by atoms with Gasteiger partial charge in [0.15, 0.2) is 0 Å². The van der Waals surface area contributed by atoms with E-state index < -0.39 is 0 Å². The Kier molecular flexibility index (Phi) is 6.20. The summed E-state index contributed by atoms with van der Waals surface area (Å²) in [6.45, 7) is 9.93.